The summed E-state index contributed by atoms with van der Waals surface area (Å²) in [6.45, 7) is 12.6. The topological polar surface area (TPSA) is 79.6 Å². The first kappa shape index (κ1) is 33.7. The Morgan fingerprint density at radius 2 is 1.35 bits per heavy atom. The Balaban J connectivity index is 1.31. The number of pyridine rings is 1. The fourth-order valence-corrected chi connectivity index (χ4v) is 8.03. The summed E-state index contributed by atoms with van der Waals surface area (Å²) < 4.78 is 9.70. The van der Waals surface area contributed by atoms with Crippen LogP contribution >= 0.6 is 15.9 Å². The molecule has 0 fully saturated rings. The van der Waals surface area contributed by atoms with Gasteiger partial charge >= 0.3 is 0 Å². The third-order valence-corrected chi connectivity index (χ3v) is 10.8. The molecule has 2 aliphatic rings. The Morgan fingerprint density at radius 1 is 0.712 bits per heavy atom. The zero-order valence-electron chi connectivity index (χ0n) is 29.8. The van der Waals surface area contributed by atoms with Crippen LogP contribution in [-0.4, -0.2) is 52.1 Å². The molecular weight excluding hydrogens is 714 g/mol. The number of hydrogen-bond acceptors (Lipinski definition) is 7. The van der Waals surface area contributed by atoms with Gasteiger partial charge in [-0.15, -0.1) is 5.10 Å². The normalized spacial score (nSPS) is 13.8. The van der Waals surface area contributed by atoms with Crippen molar-refractivity contribution in [2.24, 2.45) is 0 Å². The highest BCUT2D eigenvalue weighted by Crippen LogP contribution is 2.59. The Morgan fingerprint density at radius 3 is 1.98 bits per heavy atom. The van der Waals surface area contributed by atoms with Crippen LogP contribution in [-0.2, 0) is 12.1 Å². The summed E-state index contributed by atoms with van der Waals surface area (Å²) in [7, 11) is 0. The second kappa shape index (κ2) is 13.6. The number of benzene rings is 4. The first-order chi connectivity index (χ1) is 25.4. The predicted molar refractivity (Wildman–Crippen MR) is 210 cm³/mol. The van der Waals surface area contributed by atoms with E-state index in [1.807, 2.05) is 59.6 Å². The molecule has 2 aromatic heterocycles. The highest BCUT2D eigenvalue weighted by molar-refractivity contribution is 9.10. The lowest BCUT2D eigenvalue weighted by Gasteiger charge is -2.44. The van der Waals surface area contributed by atoms with Crippen molar-refractivity contribution < 1.29 is 9.53 Å². The van der Waals surface area contributed by atoms with Gasteiger partial charge in [-0.1, -0.05) is 69.7 Å². The predicted octanol–water partition coefficient (Wildman–Crippen LogP) is 8.90. The summed E-state index contributed by atoms with van der Waals surface area (Å²) in [4.78, 5) is 26.5. The number of hydrogen-bond donors (Lipinski definition) is 0. The van der Waals surface area contributed by atoms with Gasteiger partial charge in [-0.2, -0.15) is 0 Å². The van der Waals surface area contributed by atoms with Gasteiger partial charge in [0.1, 0.15) is 28.5 Å². The van der Waals surface area contributed by atoms with Gasteiger partial charge < -0.3 is 14.5 Å². The lowest BCUT2D eigenvalue weighted by molar-refractivity contribution is 0.0985. The van der Waals surface area contributed by atoms with Crippen LogP contribution in [0.25, 0.3) is 11.4 Å². The second-order valence-corrected chi connectivity index (χ2v) is 13.9. The van der Waals surface area contributed by atoms with Gasteiger partial charge in [0, 0.05) is 76.4 Å². The van der Waals surface area contributed by atoms with E-state index >= 15 is 0 Å². The van der Waals surface area contributed by atoms with E-state index in [4.69, 9.17) is 9.72 Å². The van der Waals surface area contributed by atoms with Crippen molar-refractivity contribution in [3.63, 3.8) is 0 Å². The molecule has 6 aromatic rings. The Labute approximate surface area is 312 Å². The molecule has 1 spiro atoms. The quantitative estimate of drug-likeness (QED) is 0.138. The molecule has 4 aromatic carbocycles. The maximum Gasteiger partial charge on any atom is 0.261 e. The summed E-state index contributed by atoms with van der Waals surface area (Å²) in [5.41, 5.74) is 6.74. The van der Waals surface area contributed by atoms with Gasteiger partial charge in [-0.3, -0.25) is 9.69 Å². The van der Waals surface area contributed by atoms with Gasteiger partial charge in [0.15, 0.2) is 0 Å². The van der Waals surface area contributed by atoms with E-state index in [0.29, 0.717) is 29.3 Å². The second-order valence-electron chi connectivity index (χ2n) is 13.0. The number of fused-ring (bicyclic) bond motifs is 6. The molecule has 0 bridgehead atoms. The molecule has 2 aliphatic heterocycles. The van der Waals surface area contributed by atoms with Crippen LogP contribution in [0.4, 0.5) is 17.2 Å². The van der Waals surface area contributed by atoms with Gasteiger partial charge in [0.2, 0.25) is 0 Å². The summed E-state index contributed by atoms with van der Waals surface area (Å²) in [5.74, 6) is 1.82. The molecule has 262 valence electrons. The zero-order valence-corrected chi connectivity index (χ0v) is 31.3. The molecule has 8 rings (SSSR count). The summed E-state index contributed by atoms with van der Waals surface area (Å²) in [5, 5.41) is 8.91. The number of carbonyl (C=O) groups excluding carboxylic acids is 1. The monoisotopic (exact) mass is 753 g/mol. The minimum absolute atomic E-state index is 0.126. The highest BCUT2D eigenvalue weighted by atomic mass is 79.9. The lowest BCUT2D eigenvalue weighted by atomic mass is 9.74. The zero-order chi connectivity index (χ0) is 36.0. The molecule has 0 atom stereocenters. The molecule has 10 heteroatoms. The van der Waals surface area contributed by atoms with Crippen molar-refractivity contribution in [1.82, 2.24) is 20.0 Å². The van der Waals surface area contributed by atoms with Crippen molar-refractivity contribution in [3.05, 3.63) is 142 Å². The fourth-order valence-electron chi connectivity index (χ4n) is 7.77. The third kappa shape index (κ3) is 5.44. The molecule has 4 heterocycles. The molecule has 0 unspecified atom stereocenters. The SMILES string of the molecule is CCN(CC)c1ccc2c(c1)Oc1cc(N(CC)CC)ccc1C21c2ccccc2C(=O)N1c1cccc(-c2cn(Cc3ccc(Br)cc3)nn2)n1. The Bertz CT molecular complexity index is 2220. The van der Waals surface area contributed by atoms with Crippen LogP contribution in [0.15, 0.2) is 114 Å². The number of amides is 1. The molecule has 0 aliphatic carbocycles. The molecule has 0 radical (unpaired) electrons. The van der Waals surface area contributed by atoms with E-state index in [2.05, 4.69) is 118 Å². The van der Waals surface area contributed by atoms with Crippen LogP contribution < -0.4 is 19.4 Å². The summed E-state index contributed by atoms with van der Waals surface area (Å²) >= 11 is 3.51. The minimum atomic E-state index is -1.05. The van der Waals surface area contributed by atoms with Crippen LogP contribution in [0, 0.1) is 0 Å². The molecule has 9 nitrogen and oxygen atoms in total. The van der Waals surface area contributed by atoms with Gasteiger partial charge in [0.25, 0.3) is 5.91 Å². The van der Waals surface area contributed by atoms with Gasteiger partial charge in [-0.25, -0.2) is 9.67 Å². The van der Waals surface area contributed by atoms with E-state index in [-0.39, 0.29) is 5.91 Å². The number of anilines is 3. The van der Waals surface area contributed by atoms with E-state index < -0.39 is 5.54 Å². The largest absolute Gasteiger partial charge is 0.456 e. The van der Waals surface area contributed by atoms with Crippen molar-refractivity contribution >= 4 is 39.0 Å². The molecule has 0 saturated heterocycles. The van der Waals surface area contributed by atoms with Crippen LogP contribution in [0.5, 0.6) is 11.5 Å². The van der Waals surface area contributed by atoms with E-state index in [1.165, 1.54) is 0 Å². The highest BCUT2D eigenvalue weighted by Gasteiger charge is 2.57. The maximum absolute atomic E-state index is 14.9. The summed E-state index contributed by atoms with van der Waals surface area (Å²) in [6, 6.07) is 34.6. The molecule has 1 amide bonds. The standard InChI is InChI=1S/C42H40BrN7O2/c1-5-47(6-2)30-20-22-34-38(24-30)52-39-25-31(48(7-3)8-4)21-23-35(39)42(34)33-13-10-9-12-32(33)41(51)50(42)40-15-11-14-36(44-40)37-27-49(46-45-37)26-28-16-18-29(43)19-17-28/h9-25,27H,5-8,26H2,1-4H3. The number of rotatable bonds is 10. The maximum atomic E-state index is 14.9. The van der Waals surface area contributed by atoms with E-state index in [0.717, 1.165) is 75.8 Å². The fraction of sp³-hybridized carbons (Fsp3) is 0.238. The lowest BCUT2D eigenvalue weighted by Crippen LogP contribution is -2.48. The minimum Gasteiger partial charge on any atom is -0.456 e. The van der Waals surface area contributed by atoms with Crippen LogP contribution in [0.3, 0.4) is 0 Å². The number of nitrogens with zero attached hydrogens (tertiary/aromatic N) is 7. The molecular formula is C42H40BrN7O2. The molecule has 0 N–H and O–H groups in total. The van der Waals surface area contributed by atoms with Gasteiger partial charge in [-0.05, 0) is 75.7 Å². The average Bonchev–Trinajstić information content (AvgIpc) is 3.74. The summed E-state index contributed by atoms with van der Waals surface area (Å²) in [6.07, 6.45) is 1.90. The number of halogens is 1. The molecule has 52 heavy (non-hydrogen) atoms. The Kier molecular flexibility index (Phi) is 8.79. The smallest absolute Gasteiger partial charge is 0.261 e. The Hall–Kier alpha value is -5.48. The van der Waals surface area contributed by atoms with Gasteiger partial charge in [0.05, 0.1) is 18.4 Å². The van der Waals surface area contributed by atoms with Crippen LogP contribution in [0.1, 0.15) is 60.3 Å². The third-order valence-electron chi connectivity index (χ3n) is 10.3. The number of ether oxygens (including phenoxy) is 1. The van der Waals surface area contributed by atoms with Crippen molar-refractivity contribution in [2.75, 3.05) is 40.9 Å². The van der Waals surface area contributed by atoms with E-state index in [9.17, 15) is 4.79 Å². The van der Waals surface area contributed by atoms with Crippen molar-refractivity contribution in [3.8, 4) is 22.9 Å². The first-order valence-corrected chi connectivity index (χ1v) is 18.7. The first-order valence-electron chi connectivity index (χ1n) is 17.9. The average molecular weight is 755 g/mol. The van der Waals surface area contributed by atoms with Crippen molar-refractivity contribution in [1.29, 1.82) is 0 Å². The van der Waals surface area contributed by atoms with E-state index in [1.54, 1.807) is 4.68 Å². The van der Waals surface area contributed by atoms with Crippen LogP contribution in [0.2, 0.25) is 0 Å². The van der Waals surface area contributed by atoms with Crippen molar-refractivity contribution in [2.45, 2.75) is 39.8 Å². The molecule has 0 saturated carbocycles. The number of carbonyl (C=O) groups is 1. The number of aromatic nitrogens is 4.